The Balaban J connectivity index is 2.01. The molecule has 0 fully saturated rings. The maximum absolute atomic E-state index is 3.71. The first-order valence-corrected chi connectivity index (χ1v) is 17.7. The molecule has 0 atom stereocenters. The van der Waals surface area contributed by atoms with Crippen molar-refractivity contribution >= 4 is 62.7 Å². The second-order valence-corrected chi connectivity index (χ2v) is 19.5. The average Bonchev–Trinajstić information content (AvgIpc) is 2.84. The number of hydrogen-bond donors (Lipinski definition) is 0. The zero-order chi connectivity index (χ0) is 21.0. The van der Waals surface area contributed by atoms with E-state index >= 15 is 0 Å². The van der Waals surface area contributed by atoms with E-state index in [4.69, 9.17) is 0 Å². The predicted octanol–water partition coefficient (Wildman–Crippen LogP) is 4.25. The van der Waals surface area contributed by atoms with Crippen molar-refractivity contribution in [3.8, 4) is 0 Å². The van der Waals surface area contributed by atoms with Crippen LogP contribution in [-0.2, 0) is 0 Å². The number of nitrogens with zero attached hydrogens (tertiary/aromatic N) is 1. The van der Waals surface area contributed by atoms with Crippen LogP contribution in [0.25, 0.3) is 0 Å². The van der Waals surface area contributed by atoms with Crippen molar-refractivity contribution in [1.29, 1.82) is 0 Å². The van der Waals surface area contributed by atoms with Gasteiger partial charge in [0, 0.05) is 0 Å². The van der Waals surface area contributed by atoms with Crippen LogP contribution in [0, 0.1) is 0 Å². The fourth-order valence-electron chi connectivity index (χ4n) is 3.66. The van der Waals surface area contributed by atoms with Crippen molar-refractivity contribution in [2.24, 2.45) is 0 Å². The third-order valence-electron chi connectivity index (χ3n) is 5.24. The van der Waals surface area contributed by atoms with E-state index in [1.807, 2.05) is 0 Å². The van der Waals surface area contributed by atoms with Crippen molar-refractivity contribution in [3.63, 3.8) is 0 Å². The number of hydrogen-bond acceptors (Lipinski definition) is 1. The van der Waals surface area contributed by atoms with E-state index in [0.29, 0.717) is 0 Å². The Bertz CT molecular complexity index is 1010. The summed E-state index contributed by atoms with van der Waals surface area (Å²) in [6.07, 6.45) is 0. The van der Waals surface area contributed by atoms with E-state index in [9.17, 15) is 0 Å². The molecule has 0 aliphatic rings. The molecule has 0 aliphatic carbocycles. The monoisotopic (exact) mass is 559 g/mol. The standard InChI is InChI=1S/C25H23NP2Se2/c1-26(27(29,22-14-6-2-7-15-22)23-16-8-3-9-17-23)28(30,24-18-10-4-11-19-24)25-20-12-5-13-21-25/h2-21H,1H3. The third kappa shape index (κ3) is 3.98. The molecule has 4 aromatic rings. The second-order valence-electron chi connectivity index (χ2n) is 6.98. The van der Waals surface area contributed by atoms with Gasteiger partial charge in [-0.05, 0) is 0 Å². The Morgan fingerprint density at radius 3 is 0.833 bits per heavy atom. The van der Waals surface area contributed by atoms with E-state index in [1.165, 1.54) is 21.2 Å². The molecule has 0 heterocycles. The van der Waals surface area contributed by atoms with Crippen LogP contribution < -0.4 is 21.2 Å². The van der Waals surface area contributed by atoms with Gasteiger partial charge in [0.1, 0.15) is 0 Å². The Kier molecular flexibility index (Phi) is 6.94. The van der Waals surface area contributed by atoms with Gasteiger partial charge in [-0.15, -0.1) is 0 Å². The van der Waals surface area contributed by atoms with E-state index in [-0.39, 0.29) is 0 Å². The van der Waals surface area contributed by atoms with Gasteiger partial charge in [-0.3, -0.25) is 0 Å². The summed E-state index contributed by atoms with van der Waals surface area (Å²) in [6.45, 7) is 0. The van der Waals surface area contributed by atoms with Crippen LogP contribution >= 0.6 is 11.3 Å². The molecule has 4 aromatic carbocycles. The molecule has 0 unspecified atom stereocenters. The van der Waals surface area contributed by atoms with Crippen molar-refractivity contribution < 1.29 is 0 Å². The fourth-order valence-corrected chi connectivity index (χ4v) is 19.9. The summed E-state index contributed by atoms with van der Waals surface area (Å²) < 4.78 is 2.63. The zero-order valence-electron chi connectivity index (χ0n) is 16.7. The summed E-state index contributed by atoms with van der Waals surface area (Å²) in [5, 5.41) is 5.35. The van der Waals surface area contributed by atoms with Gasteiger partial charge < -0.3 is 0 Å². The molecular formula is C25H23NP2Se2. The van der Waals surface area contributed by atoms with Crippen LogP contribution in [0.3, 0.4) is 0 Å². The van der Waals surface area contributed by atoms with Gasteiger partial charge in [0.2, 0.25) is 0 Å². The molecule has 0 amide bonds. The molecule has 0 aliphatic heterocycles. The van der Waals surface area contributed by atoms with Gasteiger partial charge in [0.15, 0.2) is 0 Å². The Hall–Kier alpha value is -1.26. The first kappa shape index (κ1) is 22.0. The molecular weight excluding hydrogens is 534 g/mol. The van der Waals surface area contributed by atoms with Crippen LogP contribution in [0.1, 0.15) is 0 Å². The second kappa shape index (κ2) is 9.48. The number of rotatable bonds is 6. The SMILES string of the molecule is CN(P(=[Se])(c1ccccc1)c1ccccc1)P(=[Se])(c1ccccc1)c1ccccc1. The summed E-state index contributed by atoms with van der Waals surface area (Å²) in [5.41, 5.74) is -3.98. The van der Waals surface area contributed by atoms with Crippen LogP contribution in [0.5, 0.6) is 0 Å². The Labute approximate surface area is 194 Å². The van der Waals surface area contributed by atoms with Gasteiger partial charge in [0.05, 0.1) is 0 Å². The van der Waals surface area contributed by atoms with Gasteiger partial charge in [-0.1, -0.05) is 0 Å². The molecule has 30 heavy (non-hydrogen) atoms. The van der Waals surface area contributed by atoms with Crippen molar-refractivity contribution in [2.75, 3.05) is 7.05 Å². The molecule has 0 bridgehead atoms. The van der Waals surface area contributed by atoms with Crippen LogP contribution in [0.15, 0.2) is 121 Å². The van der Waals surface area contributed by atoms with E-state index < -0.39 is 11.3 Å². The van der Waals surface area contributed by atoms with Gasteiger partial charge in [-0.2, -0.15) is 0 Å². The zero-order valence-corrected chi connectivity index (χ0v) is 21.9. The average molecular weight is 557 g/mol. The van der Waals surface area contributed by atoms with Gasteiger partial charge in [0.25, 0.3) is 0 Å². The molecule has 0 saturated heterocycles. The maximum atomic E-state index is 3.71. The molecule has 0 saturated carbocycles. The first-order valence-electron chi connectivity index (χ1n) is 9.75. The quantitative estimate of drug-likeness (QED) is 0.253. The summed E-state index contributed by atoms with van der Waals surface area (Å²) in [5.74, 6) is 0. The van der Waals surface area contributed by atoms with E-state index in [2.05, 4.69) is 163 Å². The molecule has 150 valence electrons. The summed E-state index contributed by atoms with van der Waals surface area (Å²) in [7, 11) is 2.29. The van der Waals surface area contributed by atoms with Crippen molar-refractivity contribution in [2.45, 2.75) is 0 Å². The Morgan fingerprint density at radius 1 is 0.433 bits per heavy atom. The summed E-state index contributed by atoms with van der Waals surface area (Å²) >= 11 is 7.43. The molecule has 0 spiro atoms. The molecule has 4 rings (SSSR count). The number of benzene rings is 4. The van der Waals surface area contributed by atoms with Crippen molar-refractivity contribution in [3.05, 3.63) is 121 Å². The summed E-state index contributed by atoms with van der Waals surface area (Å²) in [4.78, 5) is 0. The van der Waals surface area contributed by atoms with Gasteiger partial charge in [-0.25, -0.2) is 0 Å². The van der Waals surface area contributed by atoms with Crippen molar-refractivity contribution in [1.82, 2.24) is 4.44 Å². The first-order chi connectivity index (χ1) is 14.6. The van der Waals surface area contributed by atoms with Crippen LogP contribution in [0.4, 0.5) is 0 Å². The van der Waals surface area contributed by atoms with E-state index in [0.717, 1.165) is 0 Å². The minimum atomic E-state index is -1.99. The molecule has 1 nitrogen and oxygen atoms in total. The molecule has 0 radical (unpaired) electrons. The van der Waals surface area contributed by atoms with E-state index in [1.54, 1.807) is 0 Å². The topological polar surface area (TPSA) is 3.24 Å². The molecule has 0 N–H and O–H groups in total. The third-order valence-corrected chi connectivity index (χ3v) is 22.5. The minimum absolute atomic E-state index is 1.34. The Morgan fingerprint density at radius 2 is 0.633 bits per heavy atom. The van der Waals surface area contributed by atoms with Gasteiger partial charge >= 0.3 is 196 Å². The molecule has 5 heteroatoms. The predicted molar refractivity (Wildman–Crippen MR) is 137 cm³/mol. The normalized spacial score (nSPS) is 12.1. The van der Waals surface area contributed by atoms with Crippen LogP contribution in [-0.4, -0.2) is 41.7 Å². The molecule has 0 aromatic heterocycles. The summed E-state index contributed by atoms with van der Waals surface area (Å²) in [6, 6.07) is 43.6. The van der Waals surface area contributed by atoms with Crippen LogP contribution in [0.2, 0.25) is 0 Å². The fraction of sp³-hybridized carbons (Fsp3) is 0.0400.